The van der Waals surface area contributed by atoms with E-state index in [-0.39, 0.29) is 28.9 Å². The molecule has 7 heteroatoms. The summed E-state index contributed by atoms with van der Waals surface area (Å²) in [7, 11) is -2.24. The Kier molecular flexibility index (Phi) is 12.4. The van der Waals surface area contributed by atoms with Crippen LogP contribution in [-0.2, 0) is 14.1 Å². The molecule has 2 aromatic rings. The molecular weight excluding hydrogens is 471 g/mol. The third kappa shape index (κ3) is 8.29. The maximum atomic E-state index is 14.1. The molecule has 0 N–H and O–H groups in total. The average Bonchev–Trinajstić information content (AvgIpc) is 2.86. The molecule has 2 rings (SSSR count). The quantitative estimate of drug-likeness (QED) is 0.136. The van der Waals surface area contributed by atoms with Crippen molar-refractivity contribution >= 4 is 35.5 Å². The second-order valence-electron chi connectivity index (χ2n) is 8.37. The van der Waals surface area contributed by atoms with Crippen molar-refractivity contribution in [2.45, 2.75) is 64.7 Å². The van der Waals surface area contributed by atoms with Gasteiger partial charge >= 0.3 is 5.97 Å². The minimum atomic E-state index is -3.67. The number of esters is 1. The molecule has 0 saturated carbocycles. The van der Waals surface area contributed by atoms with E-state index in [1.165, 1.54) is 39.2 Å². The third-order valence-electron chi connectivity index (χ3n) is 5.80. The first-order valence-electron chi connectivity index (χ1n) is 12.1. The number of carbonyl (C=O) groups is 2. The van der Waals surface area contributed by atoms with Gasteiger partial charge in [0.05, 0.1) is 30.7 Å². The van der Waals surface area contributed by atoms with Crippen molar-refractivity contribution in [3.8, 4) is 5.75 Å². The molecule has 2 aromatic carbocycles. The fourth-order valence-electron chi connectivity index (χ4n) is 3.82. The molecule has 186 valence electrons. The number of rotatable bonds is 16. The molecular formula is C27H36ClO5P. The summed E-state index contributed by atoms with van der Waals surface area (Å²) in [5.74, 6) is -0.191. The number of carbonyl (C=O) groups excluding carboxylic acids is 2. The molecule has 1 atom stereocenters. The largest absolute Gasteiger partial charge is 0.496 e. The number of halogens is 1. The molecule has 0 radical (unpaired) electrons. The molecule has 5 nitrogen and oxygen atoms in total. The summed E-state index contributed by atoms with van der Waals surface area (Å²) in [6, 6.07) is 13.3. The number of hydrogen-bond donors (Lipinski definition) is 0. The van der Waals surface area contributed by atoms with Crippen LogP contribution in [0.3, 0.4) is 0 Å². The zero-order valence-corrected chi connectivity index (χ0v) is 21.9. The first-order valence-corrected chi connectivity index (χ1v) is 14.4. The molecule has 0 aliphatic heterocycles. The summed E-state index contributed by atoms with van der Waals surface area (Å²) in [6.45, 7) is 2.55. The SMILES string of the molecule is CCCCCCCCCCOC(=O)CCP(=O)(C(=O)c1c(Cl)cccc1OC)c1ccccc1. The molecule has 0 aromatic heterocycles. The molecule has 34 heavy (non-hydrogen) atoms. The number of ether oxygens (including phenoxy) is 2. The molecule has 0 fully saturated rings. The number of hydrogen-bond acceptors (Lipinski definition) is 5. The molecule has 0 saturated heterocycles. The van der Waals surface area contributed by atoms with Crippen LogP contribution in [-0.4, -0.2) is 31.4 Å². The zero-order chi connectivity index (χ0) is 24.8. The maximum absolute atomic E-state index is 14.1. The standard InChI is InChI=1S/C27H36ClO5P/c1-3-4-5-6-7-8-9-13-20-33-25(29)19-21-34(31,22-15-11-10-12-16-22)27(30)26-23(28)17-14-18-24(26)32-2/h10-12,14-18H,3-9,13,19-21H2,1-2H3. The minimum Gasteiger partial charge on any atom is -0.496 e. The molecule has 0 spiro atoms. The minimum absolute atomic E-state index is 0.0751. The molecule has 0 bridgehead atoms. The smallest absolute Gasteiger partial charge is 0.306 e. The van der Waals surface area contributed by atoms with Gasteiger partial charge in [0.25, 0.3) is 0 Å². The van der Waals surface area contributed by atoms with Gasteiger partial charge in [0.15, 0.2) is 7.14 Å². The van der Waals surface area contributed by atoms with Gasteiger partial charge in [-0.1, -0.05) is 99.9 Å². The van der Waals surface area contributed by atoms with Crippen LogP contribution in [0.2, 0.25) is 5.02 Å². The van der Waals surface area contributed by atoms with Crippen molar-refractivity contribution in [2.75, 3.05) is 19.9 Å². The van der Waals surface area contributed by atoms with Crippen molar-refractivity contribution in [2.24, 2.45) is 0 Å². The Hall–Kier alpha value is -2.10. The van der Waals surface area contributed by atoms with Gasteiger partial charge in [0.1, 0.15) is 5.75 Å². The van der Waals surface area contributed by atoms with Gasteiger partial charge in [-0.2, -0.15) is 0 Å². The summed E-state index contributed by atoms with van der Waals surface area (Å²) in [6.07, 6.45) is 9.01. The monoisotopic (exact) mass is 506 g/mol. The summed E-state index contributed by atoms with van der Waals surface area (Å²) >= 11 is 6.29. The van der Waals surface area contributed by atoms with Crippen LogP contribution in [0, 0.1) is 0 Å². The van der Waals surface area contributed by atoms with Crippen LogP contribution in [0.15, 0.2) is 48.5 Å². The Morgan fingerprint density at radius 2 is 1.53 bits per heavy atom. The van der Waals surface area contributed by atoms with E-state index in [1.54, 1.807) is 48.5 Å². The summed E-state index contributed by atoms with van der Waals surface area (Å²) in [5.41, 5.74) is -0.539. The zero-order valence-electron chi connectivity index (χ0n) is 20.3. The second-order valence-corrected chi connectivity index (χ2v) is 11.6. The third-order valence-corrected chi connectivity index (χ3v) is 8.98. The van der Waals surface area contributed by atoms with E-state index >= 15 is 0 Å². The lowest BCUT2D eigenvalue weighted by molar-refractivity contribution is -0.143. The van der Waals surface area contributed by atoms with Crippen LogP contribution in [0.25, 0.3) is 0 Å². The van der Waals surface area contributed by atoms with Crippen molar-refractivity contribution in [3.05, 3.63) is 59.1 Å². The summed E-state index contributed by atoms with van der Waals surface area (Å²) < 4.78 is 24.7. The highest BCUT2D eigenvalue weighted by Gasteiger charge is 2.37. The Balaban J connectivity index is 1.98. The Labute approximate surface area is 208 Å². The molecule has 0 heterocycles. The van der Waals surface area contributed by atoms with Gasteiger partial charge < -0.3 is 14.0 Å². The average molecular weight is 507 g/mol. The molecule has 0 aliphatic carbocycles. The van der Waals surface area contributed by atoms with Crippen LogP contribution in [0.5, 0.6) is 5.75 Å². The Morgan fingerprint density at radius 3 is 2.18 bits per heavy atom. The molecule has 1 unspecified atom stereocenters. The maximum Gasteiger partial charge on any atom is 0.306 e. The number of methoxy groups -OCH3 is 1. The van der Waals surface area contributed by atoms with E-state index in [1.807, 2.05) is 0 Å². The van der Waals surface area contributed by atoms with Gasteiger partial charge in [0.2, 0.25) is 5.52 Å². The highest BCUT2D eigenvalue weighted by atomic mass is 35.5. The molecule has 0 amide bonds. The van der Waals surface area contributed by atoms with Crippen molar-refractivity contribution in [1.82, 2.24) is 0 Å². The number of benzene rings is 2. The Morgan fingerprint density at radius 1 is 0.882 bits per heavy atom. The van der Waals surface area contributed by atoms with Crippen LogP contribution >= 0.6 is 18.7 Å². The molecule has 0 aliphatic rings. The van der Waals surface area contributed by atoms with Gasteiger partial charge in [-0.15, -0.1) is 0 Å². The lowest BCUT2D eigenvalue weighted by atomic mass is 10.1. The topological polar surface area (TPSA) is 69.7 Å². The van der Waals surface area contributed by atoms with Gasteiger partial charge in [-0.05, 0) is 18.6 Å². The predicted molar refractivity (Wildman–Crippen MR) is 139 cm³/mol. The van der Waals surface area contributed by atoms with Gasteiger partial charge in [-0.25, -0.2) is 0 Å². The van der Waals surface area contributed by atoms with Crippen LogP contribution < -0.4 is 10.0 Å². The van der Waals surface area contributed by atoms with Crippen molar-refractivity contribution in [1.29, 1.82) is 0 Å². The van der Waals surface area contributed by atoms with Crippen LogP contribution in [0.4, 0.5) is 0 Å². The van der Waals surface area contributed by atoms with Crippen molar-refractivity contribution in [3.63, 3.8) is 0 Å². The fourth-order valence-corrected chi connectivity index (χ4v) is 6.58. The lowest BCUT2D eigenvalue weighted by Gasteiger charge is -2.19. The van der Waals surface area contributed by atoms with E-state index in [4.69, 9.17) is 21.1 Å². The van der Waals surface area contributed by atoms with Gasteiger partial charge in [0, 0.05) is 11.5 Å². The van der Waals surface area contributed by atoms with Crippen molar-refractivity contribution < 1.29 is 23.6 Å². The Bertz CT molecular complexity index is 961. The second kappa shape index (κ2) is 15.0. The highest BCUT2D eigenvalue weighted by Crippen LogP contribution is 2.51. The lowest BCUT2D eigenvalue weighted by Crippen LogP contribution is -2.19. The van der Waals surface area contributed by atoms with E-state index in [0.29, 0.717) is 11.9 Å². The van der Waals surface area contributed by atoms with Crippen LogP contribution in [0.1, 0.15) is 75.1 Å². The van der Waals surface area contributed by atoms with E-state index < -0.39 is 18.6 Å². The normalized spacial score (nSPS) is 12.7. The van der Waals surface area contributed by atoms with E-state index in [2.05, 4.69) is 6.92 Å². The number of unbranched alkanes of at least 4 members (excludes halogenated alkanes) is 7. The summed E-state index contributed by atoms with van der Waals surface area (Å²) in [4.78, 5) is 25.9. The summed E-state index contributed by atoms with van der Waals surface area (Å²) in [5, 5.41) is 0.552. The first-order chi connectivity index (χ1) is 16.4. The highest BCUT2D eigenvalue weighted by molar-refractivity contribution is 7.87. The first kappa shape index (κ1) is 28.1. The fraction of sp³-hybridized carbons (Fsp3) is 0.481. The van der Waals surface area contributed by atoms with Gasteiger partial charge in [-0.3, -0.25) is 9.59 Å². The van der Waals surface area contributed by atoms with E-state index in [9.17, 15) is 14.2 Å². The van der Waals surface area contributed by atoms with E-state index in [0.717, 1.165) is 19.3 Å². The predicted octanol–water partition coefficient (Wildman–Crippen LogP) is 7.25.